The highest BCUT2D eigenvalue weighted by Gasteiger charge is 2.05. The van der Waals surface area contributed by atoms with Gasteiger partial charge in [-0.05, 0) is 34.4 Å². The Morgan fingerprint density at radius 1 is 0.552 bits per heavy atom. The summed E-state index contributed by atoms with van der Waals surface area (Å²) < 4.78 is 2.05. The Morgan fingerprint density at radius 2 is 1.34 bits per heavy atom. The third-order valence-corrected chi connectivity index (χ3v) is 5.06. The summed E-state index contributed by atoms with van der Waals surface area (Å²) in [6.45, 7) is 0. The Morgan fingerprint density at radius 3 is 2.21 bits per heavy atom. The fourth-order valence-electron chi connectivity index (χ4n) is 3.67. The van der Waals surface area contributed by atoms with Gasteiger partial charge in [-0.1, -0.05) is 72.8 Å². The maximum Gasteiger partial charge on any atom is 0.0991 e. The molecule has 0 unspecified atom stereocenters. The number of para-hydroxylation sites is 1. The lowest BCUT2D eigenvalue weighted by molar-refractivity contribution is 1.07. The molecule has 0 radical (unpaired) electrons. The van der Waals surface area contributed by atoms with Gasteiger partial charge in [0.15, 0.2) is 0 Å². The van der Waals surface area contributed by atoms with Crippen molar-refractivity contribution in [2.75, 3.05) is 0 Å². The Hall–Kier alpha value is -3.98. The molecule has 2 heterocycles. The predicted octanol–water partition coefficient (Wildman–Crippen LogP) is 6.41. The average Bonchev–Trinajstić information content (AvgIpc) is 3.34. The summed E-state index contributed by atoms with van der Waals surface area (Å²) in [5.41, 5.74) is 2.23. The lowest BCUT2D eigenvalue weighted by Crippen LogP contribution is -1.91. The summed E-state index contributed by atoms with van der Waals surface area (Å²) in [6.07, 6.45) is 7.43. The smallest absolute Gasteiger partial charge is 0.0991 e. The number of nitrogens with zero attached hydrogens (tertiary/aromatic N) is 3. The molecule has 29 heavy (non-hydrogen) atoms. The van der Waals surface area contributed by atoms with Crippen LogP contribution in [0.5, 0.6) is 0 Å². The fraction of sp³-hybridized carbons (Fsp3) is 0. The van der Waals surface area contributed by atoms with E-state index in [-0.39, 0.29) is 0 Å². The minimum absolute atomic E-state index is 1.06. The number of aromatic nitrogens is 3. The van der Waals surface area contributed by atoms with Crippen LogP contribution in [0.25, 0.3) is 38.1 Å². The maximum atomic E-state index is 4.18. The summed E-state index contributed by atoms with van der Waals surface area (Å²) in [6, 6.07) is 31.3. The number of rotatable bonds is 1. The Labute approximate surface area is 168 Å². The number of pyridine rings is 1. The van der Waals surface area contributed by atoms with Crippen molar-refractivity contribution in [2.45, 2.75) is 0 Å². The molecule has 6 rings (SSSR count). The van der Waals surface area contributed by atoms with Crippen molar-refractivity contribution in [1.82, 2.24) is 14.5 Å². The molecule has 0 N–H and O–H groups in total. The normalized spacial score (nSPS) is 10.8. The largest absolute Gasteiger partial charge is 0.306 e. The van der Waals surface area contributed by atoms with Gasteiger partial charge in [0.25, 0.3) is 0 Å². The van der Waals surface area contributed by atoms with Gasteiger partial charge in [0.1, 0.15) is 0 Å². The molecule has 4 aromatic carbocycles. The summed E-state index contributed by atoms with van der Waals surface area (Å²) in [5, 5.41) is 6.30. The van der Waals surface area contributed by atoms with Crippen LogP contribution in [0.15, 0.2) is 116 Å². The third-order valence-electron chi connectivity index (χ3n) is 5.06. The molecular formula is C26H19N3. The molecule has 6 aromatic rings. The zero-order chi connectivity index (χ0) is 19.5. The van der Waals surface area contributed by atoms with E-state index in [2.05, 4.69) is 81.3 Å². The summed E-state index contributed by atoms with van der Waals surface area (Å²) in [4.78, 5) is 8.31. The van der Waals surface area contributed by atoms with E-state index in [1.54, 1.807) is 6.20 Å². The van der Waals surface area contributed by atoms with Gasteiger partial charge in [0, 0.05) is 29.4 Å². The van der Waals surface area contributed by atoms with Gasteiger partial charge in [0.05, 0.1) is 17.5 Å². The van der Waals surface area contributed by atoms with E-state index in [0.29, 0.717) is 0 Å². The second-order valence-electron chi connectivity index (χ2n) is 6.83. The second-order valence-corrected chi connectivity index (χ2v) is 6.83. The van der Waals surface area contributed by atoms with Crippen molar-refractivity contribution in [1.29, 1.82) is 0 Å². The van der Waals surface area contributed by atoms with E-state index in [4.69, 9.17) is 0 Å². The van der Waals surface area contributed by atoms with E-state index in [1.807, 2.05) is 43.0 Å². The Bertz CT molecular complexity index is 1340. The molecule has 0 aliphatic carbocycles. The molecular weight excluding hydrogens is 354 g/mol. The molecule has 0 aliphatic heterocycles. The first-order chi connectivity index (χ1) is 14.4. The highest BCUT2D eigenvalue weighted by Crippen LogP contribution is 2.29. The molecule has 0 fully saturated rings. The van der Waals surface area contributed by atoms with Crippen LogP contribution in [0.3, 0.4) is 0 Å². The molecule has 0 saturated carbocycles. The Kier molecular flexibility index (Phi) is 4.47. The highest BCUT2D eigenvalue weighted by molar-refractivity contribution is 6.09. The van der Waals surface area contributed by atoms with Crippen LogP contribution in [-0.2, 0) is 0 Å². The summed E-state index contributed by atoms with van der Waals surface area (Å²) >= 11 is 0. The number of imidazole rings is 1. The molecule has 0 bridgehead atoms. The number of hydrogen-bond acceptors (Lipinski definition) is 2. The van der Waals surface area contributed by atoms with Crippen molar-refractivity contribution < 1.29 is 0 Å². The molecule has 2 aromatic heterocycles. The quantitative estimate of drug-likeness (QED) is 0.312. The fourth-order valence-corrected chi connectivity index (χ4v) is 3.67. The van der Waals surface area contributed by atoms with E-state index in [1.165, 1.54) is 32.6 Å². The molecule has 138 valence electrons. The molecule has 3 heteroatoms. The first-order valence-electron chi connectivity index (χ1n) is 9.59. The standard InChI is InChI=1S/C17H12N2.C9H7N/c1-2-5-14-13(4-1)8-9-16-15(14)6-3-7-17(16)19-11-10-18-12-19;1-2-6-9-8(4-1)5-3-7-10-9/h1-12H;1-7H. The van der Waals surface area contributed by atoms with Gasteiger partial charge in [-0.25, -0.2) is 4.98 Å². The van der Waals surface area contributed by atoms with E-state index >= 15 is 0 Å². The molecule has 0 spiro atoms. The van der Waals surface area contributed by atoms with Gasteiger partial charge >= 0.3 is 0 Å². The molecule has 0 amide bonds. The predicted molar refractivity (Wildman–Crippen MR) is 120 cm³/mol. The van der Waals surface area contributed by atoms with Crippen LogP contribution < -0.4 is 0 Å². The zero-order valence-corrected chi connectivity index (χ0v) is 15.8. The lowest BCUT2D eigenvalue weighted by Gasteiger charge is -2.09. The van der Waals surface area contributed by atoms with Gasteiger partial charge in [-0.3, -0.25) is 4.98 Å². The molecule has 0 atom stereocenters. The highest BCUT2D eigenvalue weighted by atomic mass is 15.0. The number of hydrogen-bond donors (Lipinski definition) is 0. The van der Waals surface area contributed by atoms with E-state index in [9.17, 15) is 0 Å². The first kappa shape index (κ1) is 17.1. The monoisotopic (exact) mass is 373 g/mol. The zero-order valence-electron chi connectivity index (χ0n) is 15.8. The van der Waals surface area contributed by atoms with E-state index in [0.717, 1.165) is 5.52 Å². The maximum absolute atomic E-state index is 4.18. The molecule has 3 nitrogen and oxygen atoms in total. The SMILES string of the molecule is c1ccc2c(c1)ccc1c(-n3ccnc3)cccc12.c1ccc2ncccc2c1. The topological polar surface area (TPSA) is 30.7 Å². The lowest BCUT2D eigenvalue weighted by atomic mass is 10.0. The van der Waals surface area contributed by atoms with Crippen LogP contribution in [0.4, 0.5) is 0 Å². The van der Waals surface area contributed by atoms with Crippen LogP contribution in [0.2, 0.25) is 0 Å². The summed E-state index contributed by atoms with van der Waals surface area (Å²) in [5.74, 6) is 0. The van der Waals surface area contributed by atoms with Crippen molar-refractivity contribution in [3.63, 3.8) is 0 Å². The van der Waals surface area contributed by atoms with Gasteiger partial charge < -0.3 is 4.57 Å². The van der Waals surface area contributed by atoms with Gasteiger partial charge in [-0.2, -0.15) is 0 Å². The van der Waals surface area contributed by atoms with Crippen LogP contribution in [0, 0.1) is 0 Å². The third kappa shape index (κ3) is 3.34. The van der Waals surface area contributed by atoms with Crippen LogP contribution in [-0.4, -0.2) is 14.5 Å². The van der Waals surface area contributed by atoms with Gasteiger partial charge in [0.2, 0.25) is 0 Å². The van der Waals surface area contributed by atoms with Crippen LogP contribution >= 0.6 is 0 Å². The first-order valence-corrected chi connectivity index (χ1v) is 9.59. The van der Waals surface area contributed by atoms with E-state index < -0.39 is 0 Å². The van der Waals surface area contributed by atoms with Crippen molar-refractivity contribution in [3.8, 4) is 5.69 Å². The minimum Gasteiger partial charge on any atom is -0.306 e. The Balaban J connectivity index is 0.000000153. The average molecular weight is 373 g/mol. The van der Waals surface area contributed by atoms with Crippen molar-refractivity contribution >= 4 is 32.4 Å². The van der Waals surface area contributed by atoms with Crippen LogP contribution in [0.1, 0.15) is 0 Å². The molecule has 0 aliphatic rings. The molecule has 0 saturated heterocycles. The summed E-state index contributed by atoms with van der Waals surface area (Å²) in [7, 11) is 0. The minimum atomic E-state index is 1.06. The number of fused-ring (bicyclic) bond motifs is 4. The van der Waals surface area contributed by atoms with Crippen molar-refractivity contribution in [3.05, 3.63) is 116 Å². The van der Waals surface area contributed by atoms with Crippen molar-refractivity contribution in [2.24, 2.45) is 0 Å². The van der Waals surface area contributed by atoms with Gasteiger partial charge in [-0.15, -0.1) is 0 Å². The second kappa shape index (κ2) is 7.56. The number of benzene rings is 4.